The fraction of sp³-hybridized carbons (Fsp3) is 0.500. The second-order valence-electron chi connectivity index (χ2n) is 3.72. The minimum Gasteiger partial charge on any atom is -0.335 e. The zero-order chi connectivity index (χ0) is 10.7. The van der Waals surface area contributed by atoms with Gasteiger partial charge in [-0.25, -0.2) is 9.18 Å². The molecule has 3 nitrogen and oxygen atoms in total. The average Bonchev–Trinajstić information content (AvgIpc) is 2.77. The highest BCUT2D eigenvalue weighted by Crippen LogP contribution is 2.21. The minimum atomic E-state index is -0.753. The third kappa shape index (κ3) is 2.92. The molecule has 82 valence electrons. The molecule has 0 unspecified atom stereocenters. The van der Waals surface area contributed by atoms with Crippen molar-refractivity contribution in [2.24, 2.45) is 0 Å². The zero-order valence-electron chi connectivity index (χ0n) is 8.20. The van der Waals surface area contributed by atoms with Crippen LogP contribution in [0.2, 0.25) is 0 Å². The molecule has 1 aliphatic carbocycles. The van der Waals surface area contributed by atoms with Crippen LogP contribution in [0.1, 0.15) is 19.3 Å². The number of carbonyl (C=O) groups is 1. The summed E-state index contributed by atoms with van der Waals surface area (Å²) >= 11 is 1.52. The number of alkyl halides is 1. The number of carbonyl (C=O) groups excluding carboxylic acids is 1. The number of hydrogen-bond donors (Lipinski definition) is 2. The molecule has 1 saturated carbocycles. The second kappa shape index (κ2) is 4.61. The van der Waals surface area contributed by atoms with Crippen LogP contribution in [0, 0.1) is 0 Å². The number of amides is 2. The van der Waals surface area contributed by atoms with Gasteiger partial charge in [-0.15, -0.1) is 0 Å². The Labute approximate surface area is 91.7 Å². The van der Waals surface area contributed by atoms with Crippen molar-refractivity contribution in [3.8, 4) is 0 Å². The molecule has 15 heavy (non-hydrogen) atoms. The lowest BCUT2D eigenvalue weighted by Gasteiger charge is -2.11. The molecule has 2 atom stereocenters. The van der Waals surface area contributed by atoms with Crippen LogP contribution in [0.5, 0.6) is 0 Å². The van der Waals surface area contributed by atoms with Crippen LogP contribution in [-0.4, -0.2) is 18.2 Å². The number of halogens is 1. The lowest BCUT2D eigenvalue weighted by Crippen LogP contribution is -2.36. The maximum absolute atomic E-state index is 12.8. The molecule has 1 aromatic rings. The molecule has 0 saturated heterocycles. The van der Waals surface area contributed by atoms with Gasteiger partial charge in [0.05, 0.1) is 5.69 Å². The first kappa shape index (κ1) is 10.4. The van der Waals surface area contributed by atoms with Gasteiger partial charge < -0.3 is 10.6 Å². The molecule has 2 rings (SSSR count). The molecule has 5 heteroatoms. The van der Waals surface area contributed by atoms with E-state index in [1.54, 1.807) is 0 Å². The molecule has 1 aromatic heterocycles. The van der Waals surface area contributed by atoms with Crippen molar-refractivity contribution in [3.63, 3.8) is 0 Å². The van der Waals surface area contributed by atoms with E-state index in [-0.39, 0.29) is 12.1 Å². The predicted molar refractivity (Wildman–Crippen MR) is 59.0 cm³/mol. The van der Waals surface area contributed by atoms with Gasteiger partial charge in [-0.1, -0.05) is 0 Å². The highest BCUT2D eigenvalue weighted by molar-refractivity contribution is 7.08. The molecule has 1 heterocycles. The molecule has 0 aromatic carbocycles. The first-order chi connectivity index (χ1) is 7.24. The molecule has 1 aliphatic rings. The van der Waals surface area contributed by atoms with E-state index in [1.807, 2.05) is 16.8 Å². The molecule has 2 N–H and O–H groups in total. The van der Waals surface area contributed by atoms with Crippen molar-refractivity contribution in [2.45, 2.75) is 31.5 Å². The molecule has 1 fully saturated rings. The molecular weight excluding hydrogens is 215 g/mol. The minimum absolute atomic E-state index is 0.0152. The van der Waals surface area contributed by atoms with Crippen LogP contribution in [-0.2, 0) is 0 Å². The SMILES string of the molecule is O=C(Nc1ccsc1)N[C@H]1CC[C@@H](F)C1. The van der Waals surface area contributed by atoms with E-state index in [1.165, 1.54) is 11.3 Å². The summed E-state index contributed by atoms with van der Waals surface area (Å²) in [7, 11) is 0. The number of urea groups is 1. The van der Waals surface area contributed by atoms with Crippen LogP contribution in [0.25, 0.3) is 0 Å². The highest BCUT2D eigenvalue weighted by atomic mass is 32.1. The Bertz CT molecular complexity index is 328. The molecule has 0 radical (unpaired) electrons. The Morgan fingerprint density at radius 2 is 2.40 bits per heavy atom. The number of hydrogen-bond acceptors (Lipinski definition) is 2. The standard InChI is InChI=1S/C10H13FN2OS/c11-7-1-2-8(5-7)12-10(14)13-9-3-4-15-6-9/h3-4,6-8H,1-2,5H2,(H2,12,13,14)/t7-,8+/m1/s1. The van der Waals surface area contributed by atoms with Gasteiger partial charge in [0.15, 0.2) is 0 Å². The van der Waals surface area contributed by atoms with Crippen LogP contribution < -0.4 is 10.6 Å². The first-order valence-corrected chi connectivity index (χ1v) is 5.92. The first-order valence-electron chi connectivity index (χ1n) is 4.98. The van der Waals surface area contributed by atoms with Crippen molar-refractivity contribution in [1.82, 2.24) is 5.32 Å². The summed E-state index contributed by atoms with van der Waals surface area (Å²) in [5.41, 5.74) is 0.785. The third-order valence-electron chi connectivity index (χ3n) is 2.48. The fourth-order valence-electron chi connectivity index (χ4n) is 1.75. The Morgan fingerprint density at radius 3 is 3.00 bits per heavy atom. The topological polar surface area (TPSA) is 41.1 Å². The molecule has 0 spiro atoms. The van der Waals surface area contributed by atoms with Gasteiger partial charge in [-0.05, 0) is 30.7 Å². The summed E-state index contributed by atoms with van der Waals surface area (Å²) < 4.78 is 12.8. The monoisotopic (exact) mass is 228 g/mol. The predicted octanol–water partition coefficient (Wildman–Crippen LogP) is 2.76. The van der Waals surface area contributed by atoms with Gasteiger partial charge in [0.25, 0.3) is 0 Å². The van der Waals surface area contributed by atoms with Gasteiger partial charge >= 0.3 is 6.03 Å². The second-order valence-corrected chi connectivity index (χ2v) is 4.50. The van der Waals surface area contributed by atoms with E-state index in [9.17, 15) is 9.18 Å². The van der Waals surface area contributed by atoms with E-state index in [0.29, 0.717) is 12.8 Å². The van der Waals surface area contributed by atoms with Gasteiger partial charge in [-0.3, -0.25) is 0 Å². The van der Waals surface area contributed by atoms with E-state index in [0.717, 1.165) is 12.1 Å². The average molecular weight is 228 g/mol. The zero-order valence-corrected chi connectivity index (χ0v) is 9.02. The lowest BCUT2D eigenvalue weighted by atomic mass is 10.2. The molecule has 2 amide bonds. The summed E-state index contributed by atoms with van der Waals surface area (Å²) in [6.07, 6.45) is 0.982. The summed E-state index contributed by atoms with van der Waals surface area (Å²) in [4.78, 5) is 11.4. The quantitative estimate of drug-likeness (QED) is 0.803. The number of nitrogens with one attached hydrogen (secondary N) is 2. The Kier molecular flexibility index (Phi) is 3.20. The van der Waals surface area contributed by atoms with Crippen molar-refractivity contribution < 1.29 is 9.18 Å². The van der Waals surface area contributed by atoms with Gasteiger partial charge in [0.1, 0.15) is 6.17 Å². The summed E-state index contributed by atoms with van der Waals surface area (Å²) in [5, 5.41) is 9.21. The summed E-state index contributed by atoms with van der Waals surface area (Å²) in [6, 6.07) is 1.57. The Hall–Kier alpha value is -1.10. The lowest BCUT2D eigenvalue weighted by molar-refractivity contribution is 0.247. The molecule has 0 bridgehead atoms. The molecule has 0 aliphatic heterocycles. The number of rotatable bonds is 2. The Morgan fingerprint density at radius 1 is 1.53 bits per heavy atom. The largest absolute Gasteiger partial charge is 0.335 e. The van der Waals surface area contributed by atoms with Crippen LogP contribution >= 0.6 is 11.3 Å². The fourth-order valence-corrected chi connectivity index (χ4v) is 2.33. The third-order valence-corrected chi connectivity index (χ3v) is 3.17. The van der Waals surface area contributed by atoms with Gasteiger partial charge in [-0.2, -0.15) is 11.3 Å². The van der Waals surface area contributed by atoms with Crippen LogP contribution in [0.15, 0.2) is 16.8 Å². The van der Waals surface area contributed by atoms with Gasteiger partial charge in [0.2, 0.25) is 0 Å². The Balaban J connectivity index is 1.78. The van der Waals surface area contributed by atoms with Crippen molar-refractivity contribution in [2.75, 3.05) is 5.32 Å². The van der Waals surface area contributed by atoms with Gasteiger partial charge in [0, 0.05) is 11.4 Å². The van der Waals surface area contributed by atoms with E-state index >= 15 is 0 Å². The normalized spacial score (nSPS) is 25.1. The maximum Gasteiger partial charge on any atom is 0.319 e. The van der Waals surface area contributed by atoms with Crippen molar-refractivity contribution in [3.05, 3.63) is 16.8 Å². The summed E-state index contributed by atoms with van der Waals surface area (Å²) in [5.74, 6) is 0. The van der Waals surface area contributed by atoms with E-state index in [4.69, 9.17) is 0 Å². The highest BCUT2D eigenvalue weighted by Gasteiger charge is 2.25. The van der Waals surface area contributed by atoms with Crippen LogP contribution in [0.3, 0.4) is 0 Å². The van der Waals surface area contributed by atoms with E-state index in [2.05, 4.69) is 10.6 Å². The van der Waals surface area contributed by atoms with E-state index < -0.39 is 6.17 Å². The van der Waals surface area contributed by atoms with Crippen LogP contribution in [0.4, 0.5) is 14.9 Å². The maximum atomic E-state index is 12.8. The summed E-state index contributed by atoms with van der Waals surface area (Å²) in [6.45, 7) is 0. The smallest absolute Gasteiger partial charge is 0.319 e. The number of thiophene rings is 1. The number of anilines is 1. The van der Waals surface area contributed by atoms with Crippen molar-refractivity contribution >= 4 is 23.1 Å². The van der Waals surface area contributed by atoms with Crippen molar-refractivity contribution in [1.29, 1.82) is 0 Å². The molecular formula is C10H13FN2OS.